The third kappa shape index (κ3) is 2.71. The first-order valence-electron chi connectivity index (χ1n) is 6.31. The molecule has 0 spiro atoms. The van der Waals surface area contributed by atoms with Crippen LogP contribution in [0.2, 0.25) is 5.02 Å². The number of ether oxygens (including phenoxy) is 1. The van der Waals surface area contributed by atoms with Crippen LogP contribution in [0.15, 0.2) is 24.3 Å². The highest BCUT2D eigenvalue weighted by atomic mass is 35.5. The predicted octanol–water partition coefficient (Wildman–Crippen LogP) is 2.72. The van der Waals surface area contributed by atoms with Gasteiger partial charge in [0.25, 0.3) is 0 Å². The van der Waals surface area contributed by atoms with Gasteiger partial charge in [-0.05, 0) is 31.5 Å². The number of H-pyrrole nitrogens is 1. The van der Waals surface area contributed by atoms with E-state index in [1.807, 2.05) is 13.8 Å². The van der Waals surface area contributed by atoms with Crippen LogP contribution in [0.3, 0.4) is 0 Å². The number of halogens is 1. The van der Waals surface area contributed by atoms with Gasteiger partial charge in [-0.3, -0.25) is 0 Å². The van der Waals surface area contributed by atoms with Crippen molar-refractivity contribution in [3.63, 3.8) is 0 Å². The fourth-order valence-corrected chi connectivity index (χ4v) is 2.48. The zero-order valence-corrected chi connectivity index (χ0v) is 12.2. The molecule has 0 bridgehead atoms. The minimum atomic E-state index is 0.555. The summed E-state index contributed by atoms with van der Waals surface area (Å²) in [6, 6.07) is 9.08. The zero-order chi connectivity index (χ0) is 14.7. The second kappa shape index (κ2) is 5.85. The van der Waals surface area contributed by atoms with Gasteiger partial charge in [0.1, 0.15) is 11.5 Å². The molecular formula is C16H15ClN2O. The number of aryl methyl sites for hydroxylation is 1. The van der Waals surface area contributed by atoms with Gasteiger partial charge in [0.15, 0.2) is 0 Å². The molecule has 0 unspecified atom stereocenters. The Labute approximate surface area is 122 Å². The highest BCUT2D eigenvalue weighted by Gasteiger charge is 2.08. The van der Waals surface area contributed by atoms with E-state index < -0.39 is 0 Å². The topological polar surface area (TPSA) is 48.8 Å². The van der Waals surface area contributed by atoms with E-state index >= 15 is 0 Å². The minimum absolute atomic E-state index is 0.555. The summed E-state index contributed by atoms with van der Waals surface area (Å²) >= 11 is 6.32. The summed E-state index contributed by atoms with van der Waals surface area (Å²) in [4.78, 5) is 3.16. The SMILES string of the molecule is C=c1[nH]c(CC)c(Cl)/c1=C(/C)Oc1cccc(C#N)c1. The molecule has 1 aromatic heterocycles. The van der Waals surface area contributed by atoms with Crippen LogP contribution in [0.1, 0.15) is 25.1 Å². The molecule has 2 rings (SSSR count). The molecule has 3 nitrogen and oxygen atoms in total. The van der Waals surface area contributed by atoms with Gasteiger partial charge in [0.2, 0.25) is 0 Å². The molecule has 102 valence electrons. The first-order valence-corrected chi connectivity index (χ1v) is 6.68. The van der Waals surface area contributed by atoms with Crippen LogP contribution < -0.4 is 15.3 Å². The van der Waals surface area contributed by atoms with Crippen molar-refractivity contribution in [3.05, 3.63) is 51.1 Å². The third-order valence-corrected chi connectivity index (χ3v) is 3.44. The molecule has 0 aliphatic heterocycles. The van der Waals surface area contributed by atoms with Gasteiger partial charge < -0.3 is 9.72 Å². The molecule has 1 heterocycles. The molecular weight excluding hydrogens is 272 g/mol. The van der Waals surface area contributed by atoms with Crippen LogP contribution in [0.25, 0.3) is 12.3 Å². The summed E-state index contributed by atoms with van der Waals surface area (Å²) in [5.41, 5.74) is 1.50. The molecule has 1 aromatic carbocycles. The maximum absolute atomic E-state index is 8.89. The fraction of sp³-hybridized carbons (Fsp3) is 0.188. The second-order valence-electron chi connectivity index (χ2n) is 4.42. The molecule has 0 saturated heterocycles. The van der Waals surface area contributed by atoms with E-state index in [0.717, 1.165) is 22.7 Å². The molecule has 4 heteroatoms. The normalized spacial score (nSPS) is 11.9. The van der Waals surface area contributed by atoms with Crippen LogP contribution >= 0.6 is 11.6 Å². The number of hydrogen-bond donors (Lipinski definition) is 1. The minimum Gasteiger partial charge on any atom is -0.461 e. The van der Waals surface area contributed by atoms with Crippen molar-refractivity contribution in [3.8, 4) is 11.8 Å². The lowest BCUT2D eigenvalue weighted by Gasteiger charge is -2.05. The number of nitrogens with one attached hydrogen (secondary N) is 1. The summed E-state index contributed by atoms with van der Waals surface area (Å²) in [7, 11) is 0. The summed E-state index contributed by atoms with van der Waals surface area (Å²) in [6.07, 6.45) is 0.804. The maximum atomic E-state index is 8.89. The zero-order valence-electron chi connectivity index (χ0n) is 11.5. The van der Waals surface area contributed by atoms with Crippen LogP contribution in [0.4, 0.5) is 0 Å². The van der Waals surface area contributed by atoms with Crippen molar-refractivity contribution in [2.45, 2.75) is 20.3 Å². The first kappa shape index (κ1) is 14.2. The smallest absolute Gasteiger partial charge is 0.128 e. The number of benzene rings is 1. The Kier molecular flexibility index (Phi) is 4.16. The lowest BCUT2D eigenvalue weighted by atomic mass is 10.2. The largest absolute Gasteiger partial charge is 0.461 e. The van der Waals surface area contributed by atoms with E-state index in [1.165, 1.54) is 0 Å². The quantitative estimate of drug-likeness (QED) is 0.943. The lowest BCUT2D eigenvalue weighted by molar-refractivity contribution is 0.503. The Balaban J connectivity index is 2.48. The van der Waals surface area contributed by atoms with Gasteiger partial charge in [-0.15, -0.1) is 0 Å². The standard InChI is InChI=1S/C16H15ClN2O/c1-4-14-16(17)15(10(2)19-14)11(3)20-13-7-5-6-12(8-13)9-18/h5-8,19H,2,4H2,1,3H3/b15-11-. The van der Waals surface area contributed by atoms with Crippen LogP contribution in [-0.2, 0) is 6.42 Å². The van der Waals surface area contributed by atoms with Gasteiger partial charge in [-0.25, -0.2) is 0 Å². The number of hydrogen-bond acceptors (Lipinski definition) is 2. The van der Waals surface area contributed by atoms with Gasteiger partial charge in [-0.2, -0.15) is 5.26 Å². The molecule has 0 amide bonds. The molecule has 0 aliphatic rings. The monoisotopic (exact) mass is 286 g/mol. The highest BCUT2D eigenvalue weighted by molar-refractivity contribution is 6.31. The average molecular weight is 287 g/mol. The van der Waals surface area contributed by atoms with Crippen molar-refractivity contribution in [1.29, 1.82) is 5.26 Å². The van der Waals surface area contributed by atoms with Crippen LogP contribution in [-0.4, -0.2) is 4.98 Å². The fourth-order valence-electron chi connectivity index (χ4n) is 2.05. The number of rotatable bonds is 3. The molecule has 2 aromatic rings. The van der Waals surface area contributed by atoms with E-state index in [4.69, 9.17) is 21.6 Å². The van der Waals surface area contributed by atoms with Crippen molar-refractivity contribution in [1.82, 2.24) is 4.98 Å². The van der Waals surface area contributed by atoms with E-state index in [1.54, 1.807) is 24.3 Å². The van der Waals surface area contributed by atoms with Crippen LogP contribution in [0, 0.1) is 11.3 Å². The maximum Gasteiger partial charge on any atom is 0.128 e. The molecule has 0 aliphatic carbocycles. The Morgan fingerprint density at radius 2 is 2.25 bits per heavy atom. The predicted molar refractivity (Wildman–Crippen MR) is 80.8 cm³/mol. The number of nitriles is 1. The van der Waals surface area contributed by atoms with Crippen molar-refractivity contribution in [2.24, 2.45) is 0 Å². The van der Waals surface area contributed by atoms with E-state index in [9.17, 15) is 0 Å². The highest BCUT2D eigenvalue weighted by Crippen LogP contribution is 2.16. The van der Waals surface area contributed by atoms with Gasteiger partial charge >= 0.3 is 0 Å². The van der Waals surface area contributed by atoms with E-state index in [0.29, 0.717) is 22.1 Å². The Hall–Kier alpha value is -2.18. The second-order valence-corrected chi connectivity index (χ2v) is 4.80. The van der Waals surface area contributed by atoms with Crippen molar-refractivity contribution in [2.75, 3.05) is 0 Å². The lowest BCUT2D eigenvalue weighted by Crippen LogP contribution is -2.25. The molecule has 0 radical (unpaired) electrons. The molecule has 0 saturated carbocycles. The Morgan fingerprint density at radius 1 is 1.50 bits per heavy atom. The van der Waals surface area contributed by atoms with E-state index in [-0.39, 0.29) is 0 Å². The van der Waals surface area contributed by atoms with Gasteiger partial charge in [0.05, 0.1) is 21.9 Å². The summed E-state index contributed by atoms with van der Waals surface area (Å²) in [5.74, 6) is 1.27. The average Bonchev–Trinajstić information content (AvgIpc) is 2.73. The molecule has 0 fully saturated rings. The third-order valence-electron chi connectivity index (χ3n) is 3.03. The van der Waals surface area contributed by atoms with Crippen molar-refractivity contribution < 1.29 is 4.74 Å². The van der Waals surface area contributed by atoms with Gasteiger partial charge in [-0.1, -0.05) is 31.2 Å². The first-order chi connectivity index (χ1) is 9.56. The number of nitrogens with zero attached hydrogens (tertiary/aromatic N) is 1. The summed E-state index contributed by atoms with van der Waals surface area (Å²) in [6.45, 7) is 7.81. The summed E-state index contributed by atoms with van der Waals surface area (Å²) in [5, 5.41) is 11.1. The van der Waals surface area contributed by atoms with Crippen LogP contribution in [0.5, 0.6) is 5.75 Å². The number of aromatic nitrogens is 1. The van der Waals surface area contributed by atoms with Gasteiger partial charge in [0, 0.05) is 11.0 Å². The van der Waals surface area contributed by atoms with E-state index in [2.05, 4.69) is 17.6 Å². The molecule has 0 atom stereocenters. The van der Waals surface area contributed by atoms with Crippen molar-refractivity contribution >= 4 is 23.9 Å². The molecule has 1 N–H and O–H groups in total. The Morgan fingerprint density at radius 3 is 2.85 bits per heavy atom. The summed E-state index contributed by atoms with van der Waals surface area (Å²) < 4.78 is 5.78. The molecule has 20 heavy (non-hydrogen) atoms. The Bertz CT molecular complexity index is 784. The number of aromatic amines is 1.